The number of aromatic nitrogens is 3. The molecule has 0 fully saturated rings. The molecule has 152 valence electrons. The molecule has 0 aliphatic rings. The average Bonchev–Trinajstić information content (AvgIpc) is 3.31. The summed E-state index contributed by atoms with van der Waals surface area (Å²) in [4.78, 5) is 35.0. The second-order valence-corrected chi connectivity index (χ2v) is 7.94. The Balaban J connectivity index is 1.35. The van der Waals surface area contributed by atoms with E-state index in [4.69, 9.17) is 0 Å². The van der Waals surface area contributed by atoms with Gasteiger partial charge in [0.25, 0.3) is 11.8 Å². The van der Waals surface area contributed by atoms with Crippen LogP contribution >= 0.6 is 11.3 Å². The molecule has 0 bridgehead atoms. The molecule has 0 unspecified atom stereocenters. The van der Waals surface area contributed by atoms with E-state index in [0.717, 1.165) is 21.1 Å². The van der Waals surface area contributed by atoms with E-state index in [0.29, 0.717) is 30.8 Å². The maximum absolute atomic E-state index is 12.8. The molecule has 2 N–H and O–H groups in total. The largest absolute Gasteiger partial charge is 0.352 e. The lowest BCUT2D eigenvalue weighted by molar-refractivity contribution is 0.0946. The lowest BCUT2D eigenvalue weighted by atomic mass is 10.2. The van der Waals surface area contributed by atoms with E-state index < -0.39 is 0 Å². The smallest absolute Gasteiger partial charge is 0.269 e. The Bertz CT molecular complexity index is 1170. The first-order chi connectivity index (χ1) is 14.6. The molecule has 3 heterocycles. The summed E-state index contributed by atoms with van der Waals surface area (Å²) in [7, 11) is 0. The molecule has 0 spiro atoms. The summed E-state index contributed by atoms with van der Waals surface area (Å²) in [5.74, 6) is -0.314. The number of pyridine rings is 1. The summed E-state index contributed by atoms with van der Waals surface area (Å²) in [5.41, 5.74) is 2.98. The van der Waals surface area contributed by atoms with Crippen LogP contribution in [-0.4, -0.2) is 39.3 Å². The van der Waals surface area contributed by atoms with Crippen molar-refractivity contribution in [1.82, 2.24) is 25.0 Å². The van der Waals surface area contributed by atoms with Gasteiger partial charge >= 0.3 is 0 Å². The summed E-state index contributed by atoms with van der Waals surface area (Å²) in [6.07, 6.45) is 5.68. The Kier molecular flexibility index (Phi) is 5.85. The monoisotopic (exact) mass is 419 g/mol. The van der Waals surface area contributed by atoms with Gasteiger partial charge in [-0.2, -0.15) is 0 Å². The van der Waals surface area contributed by atoms with Crippen molar-refractivity contribution in [2.75, 3.05) is 13.1 Å². The minimum absolute atomic E-state index is 0.144. The molecular weight excluding hydrogens is 398 g/mol. The van der Waals surface area contributed by atoms with Crippen LogP contribution in [0.2, 0.25) is 0 Å². The molecule has 0 radical (unpaired) electrons. The van der Waals surface area contributed by atoms with Gasteiger partial charge in [-0.05, 0) is 25.5 Å². The van der Waals surface area contributed by atoms with Crippen LogP contribution < -0.4 is 10.6 Å². The minimum Gasteiger partial charge on any atom is -0.352 e. The molecule has 0 atom stereocenters. The fraction of sp³-hybridized carbons (Fsp3) is 0.182. The Labute approximate surface area is 177 Å². The van der Waals surface area contributed by atoms with Gasteiger partial charge in [-0.3, -0.25) is 19.0 Å². The molecule has 30 heavy (non-hydrogen) atoms. The van der Waals surface area contributed by atoms with Gasteiger partial charge in [0, 0.05) is 42.1 Å². The fourth-order valence-corrected chi connectivity index (χ4v) is 4.09. The molecule has 0 aliphatic heterocycles. The van der Waals surface area contributed by atoms with Gasteiger partial charge in [-0.1, -0.05) is 30.3 Å². The standard InChI is InChI=1S/C22H21N5O2S/c1-15-19(27-14-18(26-22(27)30-15)16-7-3-2-4-8-16)21(29)25-12-6-11-24-20(28)17-9-5-10-23-13-17/h2-5,7-10,13-14H,6,11-12H2,1H3,(H,24,28)(H,25,29). The first-order valence-electron chi connectivity index (χ1n) is 9.64. The molecule has 3 aromatic heterocycles. The van der Waals surface area contributed by atoms with Crippen molar-refractivity contribution in [3.63, 3.8) is 0 Å². The Morgan fingerprint density at radius 3 is 2.53 bits per heavy atom. The van der Waals surface area contributed by atoms with Crippen molar-refractivity contribution in [2.45, 2.75) is 13.3 Å². The number of rotatable bonds is 7. The summed E-state index contributed by atoms with van der Waals surface area (Å²) >= 11 is 1.50. The number of hydrogen-bond acceptors (Lipinski definition) is 5. The quantitative estimate of drug-likeness (QED) is 0.450. The number of carbonyl (C=O) groups excluding carboxylic acids is 2. The topological polar surface area (TPSA) is 88.4 Å². The third-order valence-corrected chi connectivity index (χ3v) is 5.60. The molecule has 0 saturated heterocycles. The van der Waals surface area contributed by atoms with E-state index in [1.807, 2.05) is 47.9 Å². The van der Waals surface area contributed by atoms with Crippen molar-refractivity contribution in [3.05, 3.63) is 77.2 Å². The van der Waals surface area contributed by atoms with Gasteiger partial charge in [-0.15, -0.1) is 11.3 Å². The summed E-state index contributed by atoms with van der Waals surface area (Å²) in [5, 5.41) is 5.76. The molecule has 0 saturated carbocycles. The lowest BCUT2D eigenvalue weighted by Crippen LogP contribution is -2.30. The zero-order valence-electron chi connectivity index (χ0n) is 16.5. The highest BCUT2D eigenvalue weighted by molar-refractivity contribution is 7.17. The Hall–Kier alpha value is -3.52. The molecule has 7 nitrogen and oxygen atoms in total. The number of nitrogens with zero attached hydrogens (tertiary/aromatic N) is 3. The van der Waals surface area contributed by atoms with Crippen LogP contribution in [0.3, 0.4) is 0 Å². The molecule has 4 aromatic rings. The van der Waals surface area contributed by atoms with E-state index in [1.54, 1.807) is 18.3 Å². The van der Waals surface area contributed by atoms with Crippen LogP contribution in [0.5, 0.6) is 0 Å². The number of carbonyl (C=O) groups is 2. The second kappa shape index (κ2) is 8.87. The Morgan fingerprint density at radius 1 is 1.03 bits per heavy atom. The van der Waals surface area contributed by atoms with Crippen LogP contribution in [0.4, 0.5) is 0 Å². The minimum atomic E-state index is -0.170. The maximum atomic E-state index is 12.8. The van der Waals surface area contributed by atoms with Crippen molar-refractivity contribution < 1.29 is 9.59 Å². The number of nitrogens with one attached hydrogen (secondary N) is 2. The summed E-state index contributed by atoms with van der Waals surface area (Å²) in [6, 6.07) is 13.3. The van der Waals surface area contributed by atoms with Crippen molar-refractivity contribution in [2.24, 2.45) is 0 Å². The van der Waals surface area contributed by atoms with E-state index in [1.165, 1.54) is 17.5 Å². The molecule has 0 aliphatic carbocycles. The lowest BCUT2D eigenvalue weighted by Gasteiger charge is -2.07. The average molecular weight is 420 g/mol. The van der Waals surface area contributed by atoms with Gasteiger partial charge in [0.2, 0.25) is 0 Å². The van der Waals surface area contributed by atoms with Crippen molar-refractivity contribution >= 4 is 28.1 Å². The highest BCUT2D eigenvalue weighted by atomic mass is 32.1. The van der Waals surface area contributed by atoms with Crippen LogP contribution in [0.25, 0.3) is 16.2 Å². The zero-order valence-corrected chi connectivity index (χ0v) is 17.3. The van der Waals surface area contributed by atoms with Gasteiger partial charge in [-0.25, -0.2) is 4.98 Å². The number of benzene rings is 1. The van der Waals surface area contributed by atoms with Gasteiger partial charge in [0.1, 0.15) is 5.69 Å². The number of aryl methyl sites for hydroxylation is 1. The highest BCUT2D eigenvalue weighted by Crippen LogP contribution is 2.26. The van der Waals surface area contributed by atoms with E-state index >= 15 is 0 Å². The third kappa shape index (κ3) is 4.23. The van der Waals surface area contributed by atoms with Crippen LogP contribution in [0.15, 0.2) is 61.1 Å². The molecule has 8 heteroatoms. The zero-order chi connectivity index (χ0) is 20.9. The molecule has 2 amide bonds. The Morgan fingerprint density at radius 2 is 1.80 bits per heavy atom. The number of thiazole rings is 1. The van der Waals surface area contributed by atoms with Crippen LogP contribution in [0.1, 0.15) is 32.1 Å². The predicted octanol–water partition coefficient (Wildman–Crippen LogP) is 3.32. The normalized spacial score (nSPS) is 10.8. The maximum Gasteiger partial charge on any atom is 0.269 e. The van der Waals surface area contributed by atoms with E-state index in [2.05, 4.69) is 20.6 Å². The first kappa shape index (κ1) is 19.8. The van der Waals surface area contributed by atoms with Crippen LogP contribution in [-0.2, 0) is 0 Å². The van der Waals surface area contributed by atoms with Gasteiger partial charge < -0.3 is 10.6 Å². The SMILES string of the molecule is Cc1sc2nc(-c3ccccc3)cn2c1C(=O)NCCCNC(=O)c1cccnc1. The van der Waals surface area contributed by atoms with Crippen molar-refractivity contribution in [1.29, 1.82) is 0 Å². The van der Waals surface area contributed by atoms with Gasteiger partial charge in [0.15, 0.2) is 4.96 Å². The molecule has 4 rings (SSSR count). The number of fused-ring (bicyclic) bond motifs is 1. The molecular formula is C22H21N5O2S. The van der Waals surface area contributed by atoms with Crippen LogP contribution in [0, 0.1) is 6.92 Å². The summed E-state index contributed by atoms with van der Waals surface area (Å²) in [6.45, 7) is 2.85. The van der Waals surface area contributed by atoms with Gasteiger partial charge in [0.05, 0.1) is 11.3 Å². The fourth-order valence-electron chi connectivity index (χ4n) is 3.14. The predicted molar refractivity (Wildman–Crippen MR) is 117 cm³/mol. The number of amides is 2. The number of imidazole rings is 1. The molecule has 1 aromatic carbocycles. The summed E-state index contributed by atoms with van der Waals surface area (Å²) < 4.78 is 1.85. The highest BCUT2D eigenvalue weighted by Gasteiger charge is 2.18. The first-order valence-corrected chi connectivity index (χ1v) is 10.5. The van der Waals surface area contributed by atoms with E-state index in [9.17, 15) is 9.59 Å². The second-order valence-electron chi connectivity index (χ2n) is 6.76. The van der Waals surface area contributed by atoms with E-state index in [-0.39, 0.29) is 11.8 Å². The van der Waals surface area contributed by atoms with Crippen molar-refractivity contribution in [3.8, 4) is 11.3 Å². The number of hydrogen-bond donors (Lipinski definition) is 2. The third-order valence-electron chi connectivity index (χ3n) is 4.63.